The Morgan fingerprint density at radius 3 is 2.55 bits per heavy atom. The Kier molecular flexibility index (Phi) is 6.21. The summed E-state index contributed by atoms with van der Waals surface area (Å²) in [6.07, 6.45) is 1.97. The van der Waals surface area contributed by atoms with E-state index < -0.39 is 0 Å². The second kappa shape index (κ2) is 9.21. The number of rotatable bonds is 5. The first-order valence-electron chi connectivity index (χ1n) is 10.6. The molecule has 0 bridgehead atoms. The molecule has 0 spiro atoms. The number of nitrogens with zero attached hydrogens (tertiary/aromatic N) is 2. The molecule has 3 aromatic rings. The Bertz CT molecular complexity index is 1070. The molecule has 1 aliphatic rings. The summed E-state index contributed by atoms with van der Waals surface area (Å²) in [5, 5.41) is 0. The van der Waals surface area contributed by atoms with Gasteiger partial charge in [-0.2, -0.15) is 0 Å². The van der Waals surface area contributed by atoms with Crippen molar-refractivity contribution >= 4 is 5.91 Å². The second-order valence-electron chi connectivity index (χ2n) is 7.94. The Hall–Kier alpha value is -3.34. The third-order valence-corrected chi connectivity index (χ3v) is 5.85. The van der Waals surface area contributed by atoms with E-state index in [9.17, 15) is 4.79 Å². The summed E-state index contributed by atoms with van der Waals surface area (Å²) in [7, 11) is 3.18. The van der Waals surface area contributed by atoms with Gasteiger partial charge in [-0.15, -0.1) is 0 Å². The van der Waals surface area contributed by atoms with Crippen LogP contribution in [0.2, 0.25) is 0 Å². The lowest BCUT2D eigenvalue weighted by Crippen LogP contribution is -2.39. The maximum absolute atomic E-state index is 13.3. The maximum Gasteiger partial charge on any atom is 0.257 e. The van der Waals surface area contributed by atoms with Gasteiger partial charge in [0.05, 0.1) is 19.8 Å². The highest BCUT2D eigenvalue weighted by molar-refractivity contribution is 5.97. The van der Waals surface area contributed by atoms with Crippen molar-refractivity contribution in [3.63, 3.8) is 0 Å². The predicted octanol–water partition coefficient (Wildman–Crippen LogP) is 5.09. The van der Waals surface area contributed by atoms with Crippen LogP contribution < -0.4 is 9.47 Å². The van der Waals surface area contributed by atoms with Crippen molar-refractivity contribution in [3.05, 3.63) is 77.6 Å². The molecule has 1 amide bonds. The van der Waals surface area contributed by atoms with E-state index in [0.29, 0.717) is 23.6 Å². The van der Waals surface area contributed by atoms with Gasteiger partial charge in [0.15, 0.2) is 0 Å². The van der Waals surface area contributed by atoms with Crippen LogP contribution in [0.25, 0.3) is 11.1 Å². The molecule has 5 heteroatoms. The molecule has 5 nitrogen and oxygen atoms in total. The van der Waals surface area contributed by atoms with Crippen molar-refractivity contribution in [3.8, 4) is 22.6 Å². The fourth-order valence-electron chi connectivity index (χ4n) is 4.25. The van der Waals surface area contributed by atoms with Crippen molar-refractivity contribution in [2.45, 2.75) is 25.7 Å². The van der Waals surface area contributed by atoms with E-state index in [2.05, 4.69) is 24.3 Å². The molecule has 0 saturated carbocycles. The third-order valence-electron chi connectivity index (χ3n) is 5.85. The average molecular weight is 417 g/mol. The van der Waals surface area contributed by atoms with Crippen LogP contribution in [0.1, 0.15) is 40.5 Å². The van der Waals surface area contributed by atoms with Crippen LogP contribution in [0.15, 0.2) is 60.7 Å². The van der Waals surface area contributed by atoms with Gasteiger partial charge in [-0.25, -0.2) is 0 Å². The second-order valence-corrected chi connectivity index (χ2v) is 7.94. The monoisotopic (exact) mass is 416 g/mol. The molecule has 0 N–H and O–H groups in total. The SMILES string of the molecule is COc1ccc(C(=O)N2CCC[C@@H](c3cc(-c4ccccc4)cc(C)n3)C2)c(OC)c1. The first-order chi connectivity index (χ1) is 15.1. The lowest BCUT2D eigenvalue weighted by molar-refractivity contribution is 0.0702. The van der Waals surface area contributed by atoms with Gasteiger partial charge in [0.2, 0.25) is 0 Å². The number of hydrogen-bond acceptors (Lipinski definition) is 4. The average Bonchev–Trinajstić information content (AvgIpc) is 2.83. The largest absolute Gasteiger partial charge is 0.497 e. The first-order valence-corrected chi connectivity index (χ1v) is 10.6. The van der Waals surface area contributed by atoms with Crippen molar-refractivity contribution in [2.24, 2.45) is 0 Å². The van der Waals surface area contributed by atoms with Gasteiger partial charge in [-0.05, 0) is 55.2 Å². The van der Waals surface area contributed by atoms with E-state index in [1.807, 2.05) is 30.0 Å². The Morgan fingerprint density at radius 1 is 1.00 bits per heavy atom. The van der Waals surface area contributed by atoms with Gasteiger partial charge >= 0.3 is 0 Å². The molecule has 1 atom stereocenters. The summed E-state index contributed by atoms with van der Waals surface area (Å²) < 4.78 is 10.7. The Balaban J connectivity index is 1.58. The predicted molar refractivity (Wildman–Crippen MR) is 122 cm³/mol. The normalized spacial score (nSPS) is 16.1. The van der Waals surface area contributed by atoms with Gasteiger partial charge in [-0.3, -0.25) is 9.78 Å². The minimum absolute atomic E-state index is 0.0138. The molecule has 1 aromatic heterocycles. The zero-order valence-electron chi connectivity index (χ0n) is 18.3. The van der Waals surface area contributed by atoms with Crippen LogP contribution >= 0.6 is 0 Å². The molecule has 160 valence electrons. The number of carbonyl (C=O) groups excluding carboxylic acids is 1. The van der Waals surface area contributed by atoms with Crippen LogP contribution in [0.4, 0.5) is 0 Å². The lowest BCUT2D eigenvalue weighted by Gasteiger charge is -2.33. The summed E-state index contributed by atoms with van der Waals surface area (Å²) in [4.78, 5) is 20.0. The molecule has 0 aliphatic carbocycles. The van der Waals surface area contributed by atoms with Gasteiger partial charge in [0.1, 0.15) is 11.5 Å². The van der Waals surface area contributed by atoms with Gasteiger partial charge < -0.3 is 14.4 Å². The number of piperidine rings is 1. The van der Waals surface area contributed by atoms with Crippen molar-refractivity contribution in [1.82, 2.24) is 9.88 Å². The van der Waals surface area contributed by atoms with Gasteiger partial charge in [-0.1, -0.05) is 30.3 Å². The number of benzene rings is 2. The van der Waals surface area contributed by atoms with Gasteiger partial charge in [0.25, 0.3) is 5.91 Å². The molecule has 1 saturated heterocycles. The minimum atomic E-state index is -0.0138. The van der Waals surface area contributed by atoms with Gasteiger partial charge in [0, 0.05) is 36.5 Å². The molecule has 2 heterocycles. The zero-order chi connectivity index (χ0) is 21.8. The molecule has 4 rings (SSSR count). The smallest absolute Gasteiger partial charge is 0.257 e. The number of amides is 1. The van der Waals surface area contributed by atoms with E-state index in [4.69, 9.17) is 14.5 Å². The maximum atomic E-state index is 13.3. The molecule has 31 heavy (non-hydrogen) atoms. The van der Waals surface area contributed by atoms with E-state index in [0.717, 1.165) is 30.8 Å². The van der Waals surface area contributed by atoms with Crippen LogP contribution in [-0.2, 0) is 0 Å². The van der Waals surface area contributed by atoms with Crippen molar-refractivity contribution < 1.29 is 14.3 Å². The van der Waals surface area contributed by atoms with E-state index >= 15 is 0 Å². The number of likely N-dealkylation sites (tertiary alicyclic amines) is 1. The molecule has 0 unspecified atom stereocenters. The minimum Gasteiger partial charge on any atom is -0.497 e. The van der Waals surface area contributed by atoms with E-state index in [1.54, 1.807) is 32.4 Å². The number of methoxy groups -OCH3 is 2. The zero-order valence-corrected chi connectivity index (χ0v) is 18.3. The fraction of sp³-hybridized carbons (Fsp3) is 0.308. The number of carbonyl (C=O) groups is 1. The quantitative estimate of drug-likeness (QED) is 0.581. The Morgan fingerprint density at radius 2 is 1.81 bits per heavy atom. The van der Waals surface area contributed by atoms with Crippen molar-refractivity contribution in [1.29, 1.82) is 0 Å². The third kappa shape index (κ3) is 4.55. The summed E-state index contributed by atoms with van der Waals surface area (Å²) in [6.45, 7) is 3.42. The van der Waals surface area contributed by atoms with Crippen molar-refractivity contribution in [2.75, 3.05) is 27.3 Å². The fourth-order valence-corrected chi connectivity index (χ4v) is 4.25. The first kappa shape index (κ1) is 20.9. The summed E-state index contributed by atoms with van der Waals surface area (Å²) in [5.41, 5.74) is 4.96. The number of pyridine rings is 1. The Labute approximate surface area is 183 Å². The molecule has 2 aromatic carbocycles. The summed E-state index contributed by atoms with van der Waals surface area (Å²) >= 11 is 0. The molecule has 0 radical (unpaired) electrons. The number of hydrogen-bond donors (Lipinski definition) is 0. The van der Waals surface area contributed by atoms with Crippen LogP contribution in [0.5, 0.6) is 11.5 Å². The number of aromatic nitrogens is 1. The van der Waals surface area contributed by atoms with Crippen LogP contribution in [-0.4, -0.2) is 43.1 Å². The number of ether oxygens (including phenoxy) is 2. The highest BCUT2D eigenvalue weighted by Gasteiger charge is 2.28. The molecular weight excluding hydrogens is 388 g/mol. The summed E-state index contributed by atoms with van der Waals surface area (Å²) in [5.74, 6) is 1.40. The topological polar surface area (TPSA) is 51.7 Å². The van der Waals surface area contributed by atoms with E-state index in [-0.39, 0.29) is 11.8 Å². The molecule has 1 aliphatic heterocycles. The standard InChI is InChI=1S/C26H28N2O3/c1-18-14-21(19-8-5-4-6-9-19)15-24(27-18)20-10-7-13-28(17-20)26(29)23-12-11-22(30-2)16-25(23)31-3/h4-6,8-9,11-12,14-16,20H,7,10,13,17H2,1-3H3/t20-/m1/s1. The highest BCUT2D eigenvalue weighted by Crippen LogP contribution is 2.32. The number of aryl methyl sites for hydroxylation is 1. The highest BCUT2D eigenvalue weighted by atomic mass is 16.5. The molecular formula is C26H28N2O3. The lowest BCUT2D eigenvalue weighted by atomic mass is 9.91. The molecule has 1 fully saturated rings. The van der Waals surface area contributed by atoms with Crippen LogP contribution in [0.3, 0.4) is 0 Å². The summed E-state index contributed by atoms with van der Waals surface area (Å²) in [6, 6.07) is 20.0. The van der Waals surface area contributed by atoms with Crippen LogP contribution in [0, 0.1) is 6.92 Å². The van der Waals surface area contributed by atoms with E-state index in [1.165, 1.54) is 11.1 Å².